The average Bonchev–Trinajstić information content (AvgIpc) is 3.40. The SMILES string of the molecule is Cc1cnn(Cc2ccc(Cn3nc(C)c(C(=O)NCc4ccc5c(N)nccc5c4)c3C)cc2)c1. The number of rotatable bonds is 7. The van der Waals surface area contributed by atoms with Gasteiger partial charge in [0.25, 0.3) is 5.91 Å². The minimum absolute atomic E-state index is 0.129. The summed E-state index contributed by atoms with van der Waals surface area (Å²) in [5, 5.41) is 13.9. The molecule has 0 saturated heterocycles. The number of nitrogens with one attached hydrogen (secondary N) is 1. The van der Waals surface area contributed by atoms with Crippen molar-refractivity contribution in [3.05, 3.63) is 106 Å². The van der Waals surface area contributed by atoms with E-state index in [4.69, 9.17) is 5.73 Å². The molecule has 0 fully saturated rings. The van der Waals surface area contributed by atoms with Gasteiger partial charge in [0.05, 0.1) is 30.5 Å². The number of carbonyl (C=O) groups excluding carboxylic acids is 1. The lowest BCUT2D eigenvalue weighted by atomic mass is 10.1. The molecule has 0 unspecified atom stereocenters. The molecule has 0 aliphatic carbocycles. The van der Waals surface area contributed by atoms with Crippen LogP contribution in [-0.2, 0) is 19.6 Å². The summed E-state index contributed by atoms with van der Waals surface area (Å²) in [5.74, 6) is 0.375. The van der Waals surface area contributed by atoms with Gasteiger partial charge in [-0.25, -0.2) is 4.98 Å². The first-order chi connectivity index (χ1) is 17.4. The molecule has 0 atom stereocenters. The molecule has 0 bridgehead atoms. The topological polar surface area (TPSA) is 104 Å². The highest BCUT2D eigenvalue weighted by Crippen LogP contribution is 2.20. The lowest BCUT2D eigenvalue weighted by molar-refractivity contribution is 0.0949. The summed E-state index contributed by atoms with van der Waals surface area (Å²) in [5.41, 5.74) is 12.6. The maximum absolute atomic E-state index is 13.1. The molecule has 3 aromatic heterocycles. The van der Waals surface area contributed by atoms with Crippen molar-refractivity contribution in [1.29, 1.82) is 0 Å². The second kappa shape index (κ2) is 9.65. The van der Waals surface area contributed by atoms with Crippen LogP contribution in [-0.4, -0.2) is 30.5 Å². The van der Waals surface area contributed by atoms with Crippen LogP contribution in [0.15, 0.2) is 67.1 Å². The monoisotopic (exact) mass is 479 g/mol. The standard InChI is InChI=1S/C28H29N7O/c1-18-13-32-34(15-18)16-21-4-6-22(7-5-21)17-35-20(3)26(19(2)33-35)28(36)31-14-23-8-9-25-24(12-23)10-11-30-27(25)29/h4-13,15H,14,16-17H2,1-3H3,(H2,29,30)(H,31,36). The fraction of sp³-hybridized carbons (Fsp3) is 0.214. The number of nitrogens with two attached hydrogens (primary N) is 1. The molecule has 0 spiro atoms. The first-order valence-electron chi connectivity index (χ1n) is 11.9. The summed E-state index contributed by atoms with van der Waals surface area (Å²) in [6.07, 6.45) is 5.58. The number of benzene rings is 2. The average molecular weight is 480 g/mol. The summed E-state index contributed by atoms with van der Waals surface area (Å²) in [6, 6.07) is 16.3. The fourth-order valence-electron chi connectivity index (χ4n) is 4.47. The van der Waals surface area contributed by atoms with Gasteiger partial charge in [-0.15, -0.1) is 0 Å². The number of fused-ring (bicyclic) bond motifs is 1. The van der Waals surface area contributed by atoms with Crippen LogP contribution in [0.3, 0.4) is 0 Å². The quantitative estimate of drug-likeness (QED) is 0.365. The Bertz CT molecular complexity index is 1550. The predicted molar refractivity (Wildman–Crippen MR) is 141 cm³/mol. The molecular weight excluding hydrogens is 450 g/mol. The van der Waals surface area contributed by atoms with E-state index in [0.29, 0.717) is 30.2 Å². The molecule has 0 radical (unpaired) electrons. The third-order valence-corrected chi connectivity index (χ3v) is 6.38. The van der Waals surface area contributed by atoms with Crippen LogP contribution in [0.5, 0.6) is 0 Å². The largest absolute Gasteiger partial charge is 0.383 e. The number of pyridine rings is 1. The summed E-state index contributed by atoms with van der Waals surface area (Å²) in [6.45, 7) is 7.60. The summed E-state index contributed by atoms with van der Waals surface area (Å²) in [4.78, 5) is 17.2. The molecule has 182 valence electrons. The highest BCUT2D eigenvalue weighted by atomic mass is 16.1. The Balaban J connectivity index is 1.25. The zero-order chi connectivity index (χ0) is 25.2. The van der Waals surface area contributed by atoms with Crippen LogP contribution in [0.1, 0.15) is 44.0 Å². The smallest absolute Gasteiger partial charge is 0.255 e. The second-order valence-electron chi connectivity index (χ2n) is 9.17. The maximum Gasteiger partial charge on any atom is 0.255 e. The predicted octanol–water partition coefficient (Wildman–Crippen LogP) is 4.16. The van der Waals surface area contributed by atoms with Gasteiger partial charge in [0, 0.05) is 30.0 Å². The van der Waals surface area contributed by atoms with E-state index in [0.717, 1.165) is 39.7 Å². The van der Waals surface area contributed by atoms with Crippen LogP contribution < -0.4 is 11.1 Å². The fourth-order valence-corrected chi connectivity index (χ4v) is 4.47. The van der Waals surface area contributed by atoms with Crippen molar-refractivity contribution >= 4 is 22.5 Å². The van der Waals surface area contributed by atoms with Crippen molar-refractivity contribution in [3.63, 3.8) is 0 Å². The molecule has 5 aromatic rings. The summed E-state index contributed by atoms with van der Waals surface area (Å²) in [7, 11) is 0. The Kier molecular flexibility index (Phi) is 6.25. The van der Waals surface area contributed by atoms with Crippen molar-refractivity contribution in [2.45, 2.75) is 40.4 Å². The van der Waals surface area contributed by atoms with Gasteiger partial charge in [0.15, 0.2) is 0 Å². The normalized spacial score (nSPS) is 11.2. The Morgan fingerprint density at radius 3 is 2.42 bits per heavy atom. The molecule has 0 aliphatic heterocycles. The van der Waals surface area contributed by atoms with Crippen LogP contribution in [0.4, 0.5) is 5.82 Å². The highest BCUT2D eigenvalue weighted by molar-refractivity contribution is 5.96. The van der Waals surface area contributed by atoms with E-state index >= 15 is 0 Å². The molecule has 3 N–H and O–H groups in total. The van der Waals surface area contributed by atoms with Gasteiger partial charge in [-0.3, -0.25) is 14.2 Å². The van der Waals surface area contributed by atoms with Crippen molar-refractivity contribution in [2.24, 2.45) is 0 Å². The van der Waals surface area contributed by atoms with Crippen LogP contribution in [0.2, 0.25) is 0 Å². The van der Waals surface area contributed by atoms with Crippen molar-refractivity contribution in [3.8, 4) is 0 Å². The summed E-state index contributed by atoms with van der Waals surface area (Å²) >= 11 is 0. The summed E-state index contributed by atoms with van der Waals surface area (Å²) < 4.78 is 3.82. The first kappa shape index (κ1) is 23.3. The molecule has 2 aromatic carbocycles. The van der Waals surface area contributed by atoms with E-state index in [1.54, 1.807) is 6.20 Å². The molecule has 5 rings (SSSR count). The number of aromatic nitrogens is 5. The zero-order valence-corrected chi connectivity index (χ0v) is 20.7. The minimum atomic E-state index is -0.129. The molecule has 8 nitrogen and oxygen atoms in total. The third-order valence-electron chi connectivity index (χ3n) is 6.38. The van der Waals surface area contributed by atoms with E-state index in [1.165, 1.54) is 5.56 Å². The van der Waals surface area contributed by atoms with E-state index in [2.05, 4.69) is 44.8 Å². The van der Waals surface area contributed by atoms with Gasteiger partial charge in [-0.05, 0) is 60.5 Å². The maximum atomic E-state index is 13.1. The number of nitrogens with zero attached hydrogens (tertiary/aromatic N) is 5. The molecule has 3 heterocycles. The lowest BCUT2D eigenvalue weighted by Crippen LogP contribution is -2.24. The van der Waals surface area contributed by atoms with Gasteiger partial charge >= 0.3 is 0 Å². The van der Waals surface area contributed by atoms with E-state index in [-0.39, 0.29) is 5.91 Å². The number of nitrogen functional groups attached to an aromatic ring is 1. The third kappa shape index (κ3) is 4.84. The van der Waals surface area contributed by atoms with Crippen molar-refractivity contribution < 1.29 is 4.79 Å². The number of hydrogen-bond acceptors (Lipinski definition) is 5. The molecular formula is C28H29N7O. The Labute approximate surface area is 209 Å². The number of hydrogen-bond donors (Lipinski definition) is 2. The number of aryl methyl sites for hydroxylation is 2. The lowest BCUT2D eigenvalue weighted by Gasteiger charge is -2.09. The van der Waals surface area contributed by atoms with E-state index in [1.807, 2.05) is 66.8 Å². The van der Waals surface area contributed by atoms with Gasteiger partial charge in [-0.2, -0.15) is 10.2 Å². The molecule has 0 saturated carbocycles. The molecule has 0 aliphatic rings. The number of amides is 1. The van der Waals surface area contributed by atoms with Crippen molar-refractivity contribution in [2.75, 3.05) is 5.73 Å². The Hall–Kier alpha value is -4.46. The Morgan fingerprint density at radius 1 is 0.972 bits per heavy atom. The van der Waals surface area contributed by atoms with Gasteiger partial charge in [0.1, 0.15) is 5.82 Å². The zero-order valence-electron chi connectivity index (χ0n) is 20.7. The van der Waals surface area contributed by atoms with Crippen LogP contribution >= 0.6 is 0 Å². The molecule has 36 heavy (non-hydrogen) atoms. The van der Waals surface area contributed by atoms with Crippen LogP contribution in [0, 0.1) is 20.8 Å². The van der Waals surface area contributed by atoms with E-state index in [9.17, 15) is 4.79 Å². The Morgan fingerprint density at radius 2 is 1.69 bits per heavy atom. The number of carbonyl (C=O) groups is 1. The van der Waals surface area contributed by atoms with Gasteiger partial charge < -0.3 is 11.1 Å². The molecule has 8 heteroatoms. The number of anilines is 1. The highest BCUT2D eigenvalue weighted by Gasteiger charge is 2.18. The van der Waals surface area contributed by atoms with Gasteiger partial charge in [-0.1, -0.05) is 36.4 Å². The van der Waals surface area contributed by atoms with Gasteiger partial charge in [0.2, 0.25) is 0 Å². The second-order valence-corrected chi connectivity index (χ2v) is 9.17. The van der Waals surface area contributed by atoms with Crippen LogP contribution in [0.25, 0.3) is 10.8 Å². The minimum Gasteiger partial charge on any atom is -0.383 e. The molecule has 1 amide bonds. The van der Waals surface area contributed by atoms with Crippen molar-refractivity contribution in [1.82, 2.24) is 29.9 Å². The first-order valence-corrected chi connectivity index (χ1v) is 11.9. The van der Waals surface area contributed by atoms with E-state index < -0.39 is 0 Å².